The van der Waals surface area contributed by atoms with Gasteiger partial charge in [0.1, 0.15) is 18.3 Å². The molecule has 9 nitrogen and oxygen atoms in total. The minimum Gasteiger partial charge on any atom is -0.489 e. The van der Waals surface area contributed by atoms with Crippen LogP contribution in [0.15, 0.2) is 60.7 Å². The summed E-state index contributed by atoms with van der Waals surface area (Å²) in [7, 11) is 0. The van der Waals surface area contributed by atoms with Crippen LogP contribution in [0.2, 0.25) is 0 Å². The van der Waals surface area contributed by atoms with Crippen molar-refractivity contribution in [2.75, 3.05) is 13.2 Å². The van der Waals surface area contributed by atoms with Crippen LogP contribution in [0.25, 0.3) is 0 Å². The fraction of sp³-hybridized carbons (Fsp3) is 0.394. The molecule has 232 valence electrons. The monoisotopic (exact) mass is 607 g/mol. The number of ether oxygens (including phenoxy) is 3. The Bertz CT molecular complexity index is 1500. The number of likely N-dealkylation sites (tertiary alicyclic amines) is 1. The van der Waals surface area contributed by atoms with Gasteiger partial charge in [0.25, 0.3) is 5.91 Å². The molecular weight excluding hydrogens is 572 g/mol. The Labute approximate surface area is 254 Å². The van der Waals surface area contributed by atoms with Crippen LogP contribution in [-0.4, -0.2) is 53.5 Å². The highest BCUT2D eigenvalue weighted by atomic mass is 19.3. The molecule has 1 N–H and O–H groups in total. The summed E-state index contributed by atoms with van der Waals surface area (Å²) in [4.78, 5) is 44.1. The zero-order valence-corrected chi connectivity index (χ0v) is 24.6. The van der Waals surface area contributed by atoms with E-state index in [0.29, 0.717) is 24.8 Å². The predicted octanol–water partition coefficient (Wildman–Crippen LogP) is 5.16. The Morgan fingerprint density at radius 2 is 1.82 bits per heavy atom. The number of aryl methyl sites for hydroxylation is 1. The molecule has 3 aromatic rings. The molecule has 0 spiro atoms. The number of esters is 1. The van der Waals surface area contributed by atoms with Crippen LogP contribution < -0.4 is 14.8 Å². The van der Waals surface area contributed by atoms with Crippen LogP contribution >= 0.6 is 0 Å². The standard InChI is InChI=1S/C33H35F2N3O6/c1-20-6-8-22(9-7-20)16-36-31(40)27-5-3-4-26(37-27)19-43-32(41)28-14-25(17-38(28)21(2)39)24-12-13-29(44-33(34)35)30(15-24)42-18-23-10-11-23/h3-9,12-13,15,23,25,28,33H,10-11,14,16-19H2,1-2H3,(H,36,40)/t25-,28-/m1/s1. The highest BCUT2D eigenvalue weighted by Gasteiger charge is 2.40. The largest absolute Gasteiger partial charge is 0.489 e. The van der Waals surface area contributed by atoms with Gasteiger partial charge in [0, 0.05) is 25.9 Å². The van der Waals surface area contributed by atoms with Gasteiger partial charge in [-0.2, -0.15) is 8.78 Å². The fourth-order valence-electron chi connectivity index (χ4n) is 5.13. The second-order valence-electron chi connectivity index (χ2n) is 11.2. The Hall–Kier alpha value is -4.54. The maximum absolute atomic E-state index is 13.2. The number of hydrogen-bond donors (Lipinski definition) is 1. The molecule has 2 aromatic carbocycles. The zero-order chi connectivity index (χ0) is 31.2. The van der Waals surface area contributed by atoms with E-state index < -0.39 is 18.6 Å². The average Bonchev–Trinajstić information content (AvgIpc) is 3.73. The number of nitrogens with zero attached hydrogens (tertiary/aromatic N) is 2. The summed E-state index contributed by atoms with van der Waals surface area (Å²) in [6, 6.07) is 16.6. The van der Waals surface area contributed by atoms with E-state index in [2.05, 4.69) is 15.0 Å². The molecule has 2 heterocycles. The predicted molar refractivity (Wildman–Crippen MR) is 156 cm³/mol. The molecule has 2 atom stereocenters. The van der Waals surface area contributed by atoms with Crippen LogP contribution in [-0.2, 0) is 27.5 Å². The van der Waals surface area contributed by atoms with Gasteiger partial charge in [-0.3, -0.25) is 9.59 Å². The molecule has 2 aliphatic rings. The molecule has 1 aromatic heterocycles. The molecular formula is C33H35F2N3O6. The lowest BCUT2D eigenvalue weighted by molar-refractivity contribution is -0.154. The van der Waals surface area contributed by atoms with Crippen molar-refractivity contribution >= 4 is 17.8 Å². The van der Waals surface area contributed by atoms with Crippen molar-refractivity contribution in [1.29, 1.82) is 0 Å². The summed E-state index contributed by atoms with van der Waals surface area (Å²) < 4.78 is 41.9. The first-order valence-electron chi connectivity index (χ1n) is 14.6. The molecule has 0 unspecified atom stereocenters. The fourth-order valence-corrected chi connectivity index (χ4v) is 5.13. The molecule has 44 heavy (non-hydrogen) atoms. The Morgan fingerprint density at radius 3 is 2.52 bits per heavy atom. The summed E-state index contributed by atoms with van der Waals surface area (Å²) >= 11 is 0. The van der Waals surface area contributed by atoms with E-state index in [1.54, 1.807) is 30.3 Å². The number of alkyl halides is 2. The lowest BCUT2D eigenvalue weighted by atomic mass is 9.96. The normalized spacial score (nSPS) is 17.8. The number of pyridine rings is 1. The molecule has 1 saturated heterocycles. The first-order chi connectivity index (χ1) is 21.2. The maximum atomic E-state index is 13.2. The van der Waals surface area contributed by atoms with Gasteiger partial charge in [0.15, 0.2) is 11.5 Å². The lowest BCUT2D eigenvalue weighted by Crippen LogP contribution is -2.40. The van der Waals surface area contributed by atoms with Crippen molar-refractivity contribution in [2.24, 2.45) is 5.92 Å². The lowest BCUT2D eigenvalue weighted by Gasteiger charge is -2.21. The zero-order valence-electron chi connectivity index (χ0n) is 24.6. The number of nitrogens with one attached hydrogen (secondary N) is 1. The number of carbonyl (C=O) groups excluding carboxylic acids is 3. The second-order valence-corrected chi connectivity index (χ2v) is 11.2. The maximum Gasteiger partial charge on any atom is 0.387 e. The van der Waals surface area contributed by atoms with Gasteiger partial charge in [0.2, 0.25) is 5.91 Å². The van der Waals surface area contributed by atoms with Crippen LogP contribution in [0.1, 0.15) is 65.0 Å². The van der Waals surface area contributed by atoms with Crippen LogP contribution in [0, 0.1) is 12.8 Å². The third-order valence-corrected chi connectivity index (χ3v) is 7.78. The third-order valence-electron chi connectivity index (χ3n) is 7.78. The molecule has 1 saturated carbocycles. The average molecular weight is 608 g/mol. The molecule has 5 rings (SSSR count). The van der Waals surface area contributed by atoms with E-state index in [-0.39, 0.29) is 54.5 Å². The van der Waals surface area contributed by atoms with Crippen LogP contribution in [0.5, 0.6) is 11.5 Å². The Balaban J connectivity index is 1.21. The van der Waals surface area contributed by atoms with Gasteiger partial charge in [0.05, 0.1) is 12.3 Å². The molecule has 1 aliphatic heterocycles. The smallest absolute Gasteiger partial charge is 0.387 e. The highest BCUT2D eigenvalue weighted by Crippen LogP contribution is 2.39. The van der Waals surface area contributed by atoms with E-state index in [1.165, 1.54) is 17.9 Å². The second kappa shape index (κ2) is 13.8. The van der Waals surface area contributed by atoms with E-state index >= 15 is 0 Å². The van der Waals surface area contributed by atoms with Crippen molar-refractivity contribution in [2.45, 2.75) is 64.8 Å². The summed E-state index contributed by atoms with van der Waals surface area (Å²) in [6.45, 7) is 1.21. The van der Waals surface area contributed by atoms with Gasteiger partial charge >= 0.3 is 12.6 Å². The number of benzene rings is 2. The minimum atomic E-state index is -2.99. The summed E-state index contributed by atoms with van der Waals surface area (Å²) in [5.41, 5.74) is 3.40. The van der Waals surface area contributed by atoms with Crippen molar-refractivity contribution in [1.82, 2.24) is 15.2 Å². The molecule has 1 aliphatic carbocycles. The molecule has 2 fully saturated rings. The van der Waals surface area contributed by atoms with Crippen LogP contribution in [0.4, 0.5) is 8.78 Å². The van der Waals surface area contributed by atoms with Gasteiger partial charge in [-0.05, 0) is 67.5 Å². The SMILES string of the molecule is CC(=O)N1C[C@H](c2ccc(OC(F)F)c(OCC3CC3)c2)C[C@@H]1C(=O)OCc1cccc(C(=O)NCc2ccc(C)cc2)n1. The molecule has 11 heteroatoms. The quantitative estimate of drug-likeness (QED) is 0.284. The summed E-state index contributed by atoms with van der Waals surface area (Å²) in [5.74, 6) is -0.932. The third kappa shape index (κ3) is 8.09. The van der Waals surface area contributed by atoms with Crippen LogP contribution in [0.3, 0.4) is 0 Å². The van der Waals surface area contributed by atoms with Crippen molar-refractivity contribution in [3.63, 3.8) is 0 Å². The number of amides is 2. The van der Waals surface area contributed by atoms with E-state index in [4.69, 9.17) is 9.47 Å². The van der Waals surface area contributed by atoms with E-state index in [1.807, 2.05) is 31.2 Å². The van der Waals surface area contributed by atoms with Crippen molar-refractivity contribution in [3.05, 3.63) is 88.7 Å². The molecule has 2 amide bonds. The molecule has 0 radical (unpaired) electrons. The first kappa shape index (κ1) is 30.9. The van der Waals surface area contributed by atoms with E-state index in [0.717, 1.165) is 29.5 Å². The molecule has 0 bridgehead atoms. The number of carbonyl (C=O) groups is 3. The van der Waals surface area contributed by atoms with Gasteiger partial charge < -0.3 is 24.4 Å². The number of halogens is 2. The van der Waals surface area contributed by atoms with Gasteiger partial charge in [-0.1, -0.05) is 42.0 Å². The number of rotatable bonds is 12. The van der Waals surface area contributed by atoms with E-state index in [9.17, 15) is 23.2 Å². The Kier molecular flexibility index (Phi) is 9.72. The Morgan fingerprint density at radius 1 is 1.05 bits per heavy atom. The summed E-state index contributed by atoms with van der Waals surface area (Å²) in [6.07, 6.45) is 2.35. The number of hydrogen-bond acceptors (Lipinski definition) is 7. The van der Waals surface area contributed by atoms with Gasteiger partial charge in [-0.15, -0.1) is 0 Å². The van der Waals surface area contributed by atoms with Crippen molar-refractivity contribution in [3.8, 4) is 11.5 Å². The summed E-state index contributed by atoms with van der Waals surface area (Å²) in [5, 5.41) is 2.84. The highest BCUT2D eigenvalue weighted by molar-refractivity contribution is 5.92. The minimum absolute atomic E-state index is 0.0552. The van der Waals surface area contributed by atoms with Gasteiger partial charge in [-0.25, -0.2) is 9.78 Å². The van der Waals surface area contributed by atoms with Crippen molar-refractivity contribution < 1.29 is 37.4 Å². The first-order valence-corrected chi connectivity index (χ1v) is 14.6. The topological polar surface area (TPSA) is 107 Å². The number of aromatic nitrogens is 1.